The normalized spacial score (nSPS) is 11.7. The first-order valence-electron chi connectivity index (χ1n) is 5.22. The van der Waals surface area contributed by atoms with Gasteiger partial charge in [0.05, 0.1) is 18.2 Å². The fraction of sp³-hybridized carbons (Fsp3) is 0.800. The Kier molecular flexibility index (Phi) is 10.1. The molecule has 0 fully saturated rings. The van der Waals surface area contributed by atoms with Crippen LogP contribution >= 0.6 is 0 Å². The molecule has 0 aliphatic rings. The smallest absolute Gasteiger partial charge is 0.0924 e. The number of nitrogens with one attached hydrogen (secondary N) is 3. The van der Waals surface area contributed by atoms with Crippen LogP contribution in [0.15, 0.2) is 0 Å². The maximum absolute atomic E-state index is 8.49. The van der Waals surface area contributed by atoms with Crippen molar-refractivity contribution < 1.29 is 0 Å². The van der Waals surface area contributed by atoms with E-state index in [2.05, 4.69) is 28.1 Å². The van der Waals surface area contributed by atoms with E-state index >= 15 is 0 Å². The van der Waals surface area contributed by atoms with Gasteiger partial charge in [0.25, 0.3) is 0 Å². The second kappa shape index (κ2) is 10.9. The summed E-state index contributed by atoms with van der Waals surface area (Å²) < 4.78 is 0. The van der Waals surface area contributed by atoms with Crippen LogP contribution in [0.4, 0.5) is 0 Å². The van der Waals surface area contributed by atoms with Crippen LogP contribution in [0.1, 0.15) is 13.3 Å². The Morgan fingerprint density at radius 1 is 1.00 bits per heavy atom. The van der Waals surface area contributed by atoms with E-state index in [1.807, 2.05) is 6.92 Å². The molecule has 0 spiro atoms. The van der Waals surface area contributed by atoms with Crippen LogP contribution in [0.2, 0.25) is 0 Å². The van der Waals surface area contributed by atoms with Crippen LogP contribution in [0.5, 0.6) is 0 Å². The molecule has 15 heavy (non-hydrogen) atoms. The van der Waals surface area contributed by atoms with Crippen molar-refractivity contribution in [3.8, 4) is 12.1 Å². The number of hydrogen-bond acceptors (Lipinski definition) is 5. The molecule has 0 heterocycles. The minimum atomic E-state index is -0.0828. The average molecular weight is 209 g/mol. The Labute approximate surface area is 91.5 Å². The van der Waals surface area contributed by atoms with E-state index < -0.39 is 0 Å². The predicted molar refractivity (Wildman–Crippen MR) is 59.0 cm³/mol. The molecule has 0 aliphatic carbocycles. The first-order chi connectivity index (χ1) is 7.31. The van der Waals surface area contributed by atoms with Crippen molar-refractivity contribution >= 4 is 0 Å². The molecule has 84 valence electrons. The highest BCUT2D eigenvalue weighted by Gasteiger charge is 1.95. The predicted octanol–water partition coefficient (Wildman–Crippen LogP) is -0.419. The molecular weight excluding hydrogens is 190 g/mol. The van der Waals surface area contributed by atoms with Gasteiger partial charge in [-0.25, -0.2) is 0 Å². The topological polar surface area (TPSA) is 83.7 Å². The summed E-state index contributed by atoms with van der Waals surface area (Å²) in [6.07, 6.45) is 0.557. The number of rotatable bonds is 9. The van der Waals surface area contributed by atoms with Crippen molar-refractivity contribution in [2.45, 2.75) is 19.4 Å². The Bertz CT molecular complexity index is 215. The monoisotopic (exact) mass is 209 g/mol. The molecule has 0 rings (SSSR count). The van der Waals surface area contributed by atoms with Crippen molar-refractivity contribution in [1.82, 2.24) is 16.0 Å². The highest BCUT2D eigenvalue weighted by molar-refractivity contribution is 4.85. The molecule has 0 aromatic heterocycles. The SMILES string of the molecule is CC(C#N)NCCNCCNCCC#N. The van der Waals surface area contributed by atoms with E-state index in [9.17, 15) is 0 Å². The molecule has 0 radical (unpaired) electrons. The summed E-state index contributed by atoms with van der Waals surface area (Å²) in [5, 5.41) is 26.2. The second-order valence-electron chi connectivity index (χ2n) is 3.21. The Morgan fingerprint density at radius 3 is 2.20 bits per heavy atom. The van der Waals surface area contributed by atoms with Gasteiger partial charge in [0.15, 0.2) is 0 Å². The van der Waals surface area contributed by atoms with Crippen molar-refractivity contribution in [1.29, 1.82) is 10.5 Å². The summed E-state index contributed by atoms with van der Waals surface area (Å²) in [6, 6.07) is 4.10. The van der Waals surface area contributed by atoms with Crippen LogP contribution in [0.3, 0.4) is 0 Å². The molecule has 0 aromatic rings. The van der Waals surface area contributed by atoms with E-state index in [1.54, 1.807) is 0 Å². The molecule has 3 N–H and O–H groups in total. The molecule has 5 nitrogen and oxygen atoms in total. The number of nitriles is 2. The summed E-state index contributed by atoms with van der Waals surface area (Å²) in [5.41, 5.74) is 0. The standard InChI is InChI=1S/C10H19N5/c1-10(9-12)15-8-7-14-6-5-13-4-2-3-11/h10,13-15H,2,4-8H2,1H3. The van der Waals surface area contributed by atoms with Crippen LogP contribution in [0, 0.1) is 22.7 Å². The third-order valence-corrected chi connectivity index (χ3v) is 1.84. The first kappa shape index (κ1) is 13.9. The summed E-state index contributed by atoms with van der Waals surface area (Å²) in [5.74, 6) is 0. The maximum atomic E-state index is 8.49. The number of hydrogen-bond donors (Lipinski definition) is 3. The third-order valence-electron chi connectivity index (χ3n) is 1.84. The van der Waals surface area contributed by atoms with Crippen molar-refractivity contribution in [3.05, 3.63) is 0 Å². The number of nitrogens with zero attached hydrogens (tertiary/aromatic N) is 2. The lowest BCUT2D eigenvalue weighted by atomic mass is 10.4. The molecule has 0 saturated carbocycles. The maximum Gasteiger partial charge on any atom is 0.0924 e. The van der Waals surface area contributed by atoms with E-state index in [4.69, 9.17) is 10.5 Å². The van der Waals surface area contributed by atoms with Gasteiger partial charge in [-0.15, -0.1) is 0 Å². The highest BCUT2D eigenvalue weighted by atomic mass is 15.0. The summed E-state index contributed by atoms with van der Waals surface area (Å²) >= 11 is 0. The summed E-state index contributed by atoms with van der Waals surface area (Å²) in [7, 11) is 0. The van der Waals surface area contributed by atoms with E-state index in [1.165, 1.54) is 0 Å². The zero-order valence-corrected chi connectivity index (χ0v) is 9.21. The van der Waals surface area contributed by atoms with Crippen LogP contribution in [-0.2, 0) is 0 Å². The van der Waals surface area contributed by atoms with E-state index in [0.717, 1.165) is 32.7 Å². The van der Waals surface area contributed by atoms with Crippen molar-refractivity contribution in [3.63, 3.8) is 0 Å². The average Bonchev–Trinajstić information content (AvgIpc) is 2.26. The Hall–Kier alpha value is -1.14. The van der Waals surface area contributed by atoms with E-state index in [-0.39, 0.29) is 6.04 Å². The molecule has 0 saturated heterocycles. The van der Waals surface area contributed by atoms with Crippen LogP contribution in [0.25, 0.3) is 0 Å². The summed E-state index contributed by atoms with van der Waals surface area (Å²) in [4.78, 5) is 0. The molecule has 0 amide bonds. The minimum Gasteiger partial charge on any atom is -0.314 e. The van der Waals surface area contributed by atoms with Gasteiger partial charge in [0.2, 0.25) is 0 Å². The zero-order chi connectivity index (χ0) is 11.4. The van der Waals surface area contributed by atoms with Crippen molar-refractivity contribution in [2.75, 3.05) is 32.7 Å². The summed E-state index contributed by atoms with van der Waals surface area (Å²) in [6.45, 7) is 5.99. The lowest BCUT2D eigenvalue weighted by Crippen LogP contribution is -2.35. The fourth-order valence-electron chi connectivity index (χ4n) is 0.994. The molecule has 5 heteroatoms. The van der Waals surface area contributed by atoms with Gasteiger partial charge >= 0.3 is 0 Å². The lowest BCUT2D eigenvalue weighted by molar-refractivity contribution is 0.569. The fourth-order valence-corrected chi connectivity index (χ4v) is 0.994. The second-order valence-corrected chi connectivity index (χ2v) is 3.21. The van der Waals surface area contributed by atoms with Gasteiger partial charge in [-0.1, -0.05) is 0 Å². The van der Waals surface area contributed by atoms with Gasteiger partial charge in [-0.05, 0) is 6.92 Å². The zero-order valence-electron chi connectivity index (χ0n) is 9.21. The van der Waals surface area contributed by atoms with Gasteiger partial charge in [0.1, 0.15) is 0 Å². The van der Waals surface area contributed by atoms with Gasteiger partial charge in [-0.2, -0.15) is 10.5 Å². The van der Waals surface area contributed by atoms with Crippen LogP contribution in [-0.4, -0.2) is 38.8 Å². The first-order valence-corrected chi connectivity index (χ1v) is 5.22. The van der Waals surface area contributed by atoms with Gasteiger partial charge < -0.3 is 16.0 Å². The highest BCUT2D eigenvalue weighted by Crippen LogP contribution is 1.73. The Balaban J connectivity index is 3.00. The molecule has 0 aliphatic heterocycles. The minimum absolute atomic E-state index is 0.0828. The molecule has 1 unspecified atom stereocenters. The van der Waals surface area contributed by atoms with Crippen molar-refractivity contribution in [2.24, 2.45) is 0 Å². The molecule has 0 aromatic carbocycles. The molecule has 0 bridgehead atoms. The Morgan fingerprint density at radius 2 is 1.60 bits per heavy atom. The van der Waals surface area contributed by atoms with Gasteiger partial charge in [-0.3, -0.25) is 0 Å². The molecular formula is C10H19N5. The largest absolute Gasteiger partial charge is 0.314 e. The third kappa shape index (κ3) is 10.8. The van der Waals surface area contributed by atoms with Crippen LogP contribution < -0.4 is 16.0 Å². The lowest BCUT2D eigenvalue weighted by Gasteiger charge is -2.07. The van der Waals surface area contributed by atoms with E-state index in [0.29, 0.717) is 6.42 Å². The molecule has 1 atom stereocenters. The van der Waals surface area contributed by atoms with Gasteiger partial charge in [0, 0.05) is 39.1 Å². The quantitative estimate of drug-likeness (QED) is 0.449.